The molecule has 2 aromatic rings. The number of terminal acetylenes is 1. The Hall–Kier alpha value is -2.26. The Bertz CT molecular complexity index is 1660. The minimum Gasteiger partial charge on any atom is -0.120 e. The van der Waals surface area contributed by atoms with E-state index in [1.54, 1.807) is 0 Å². The Kier molecular flexibility index (Phi) is 204. The molecule has 2 fully saturated rings. The van der Waals surface area contributed by atoms with Gasteiger partial charge in [0.05, 0.1) is 0 Å². The molecule has 698 valence electrons. The van der Waals surface area contributed by atoms with Crippen molar-refractivity contribution in [1.29, 1.82) is 0 Å². The van der Waals surface area contributed by atoms with Crippen molar-refractivity contribution in [3.63, 3.8) is 0 Å². The molecule has 2 aliphatic carbocycles. The van der Waals surface area contributed by atoms with Crippen LogP contribution in [0.15, 0.2) is 73.3 Å². The van der Waals surface area contributed by atoms with Gasteiger partial charge >= 0.3 is 0 Å². The molecule has 0 radical (unpaired) electrons. The van der Waals surface area contributed by atoms with E-state index >= 15 is 0 Å². The summed E-state index contributed by atoms with van der Waals surface area (Å²) in [6.45, 7) is 102. The van der Waals surface area contributed by atoms with E-state index in [4.69, 9.17) is 6.42 Å². The predicted octanol–water partition coefficient (Wildman–Crippen LogP) is 44.1. The van der Waals surface area contributed by atoms with Crippen LogP contribution in [0.25, 0.3) is 0 Å². The Morgan fingerprint density at radius 2 is 0.739 bits per heavy atom. The molecule has 0 spiro atoms. The van der Waals surface area contributed by atoms with Crippen LogP contribution in [-0.2, 0) is 6.42 Å². The molecule has 0 N–H and O–H groups in total. The second-order valence-electron chi connectivity index (χ2n) is 37.2. The summed E-state index contributed by atoms with van der Waals surface area (Å²) in [7, 11) is 0. The van der Waals surface area contributed by atoms with Gasteiger partial charge in [-0.25, -0.2) is 0 Å². The summed E-state index contributed by atoms with van der Waals surface area (Å²) in [6, 6.07) is 21.1. The normalized spacial score (nSPS) is 10.4. The van der Waals surface area contributed by atoms with Crippen molar-refractivity contribution in [3.05, 3.63) is 84.4 Å². The van der Waals surface area contributed by atoms with E-state index in [0.717, 1.165) is 108 Å². The van der Waals surface area contributed by atoms with Crippen LogP contribution in [0.4, 0.5) is 0 Å². The maximum Gasteiger partial charge on any atom is 0.0109 e. The molecular weight excluding hydrogens is 1330 g/mol. The van der Waals surface area contributed by atoms with Crippen LogP contribution in [0.3, 0.4) is 0 Å². The molecule has 0 nitrogen and oxygen atoms in total. The van der Waals surface area contributed by atoms with Crippen molar-refractivity contribution in [3.8, 4) is 12.3 Å². The SMILES string of the molecule is C.C.C.C.C.C.C.C.C.C.C.C.C.C.C#CCC(C)C.C=CCC(C)C.CC(C)C.CC(C)C(C)(C)C.CC(C)C(C)C.CC(C)C1CC1.CC(C)CC(C)(C)C.CC(C)CC(C)C.CC(C)CC1CC1.CC(C)Cc1ccccc1.CC(C)c1ccccc1.CCC.CCC(C)C.CCCC(C)C.CCCCC(C)C. The third-order valence-corrected chi connectivity index (χ3v) is 15.0. The summed E-state index contributed by atoms with van der Waals surface area (Å²) < 4.78 is 0. The van der Waals surface area contributed by atoms with E-state index in [9.17, 15) is 0 Å². The van der Waals surface area contributed by atoms with E-state index in [0.29, 0.717) is 22.7 Å². The first kappa shape index (κ1) is 180. The van der Waals surface area contributed by atoms with Gasteiger partial charge in [0.15, 0.2) is 0 Å². The summed E-state index contributed by atoms with van der Waals surface area (Å²) in [6.07, 6.45) is 29.8. The highest BCUT2D eigenvalue weighted by Gasteiger charge is 2.24. The van der Waals surface area contributed by atoms with Crippen LogP contribution in [0.5, 0.6) is 0 Å². The van der Waals surface area contributed by atoms with E-state index in [1.165, 1.54) is 107 Å². The molecule has 0 heterocycles. The lowest BCUT2D eigenvalue weighted by atomic mass is 9.84. The molecule has 0 bridgehead atoms. The van der Waals surface area contributed by atoms with E-state index < -0.39 is 0 Å². The molecule has 2 aliphatic rings. The highest BCUT2D eigenvalue weighted by Crippen LogP contribution is 2.36. The summed E-state index contributed by atoms with van der Waals surface area (Å²) in [5.41, 5.74) is 3.88. The second kappa shape index (κ2) is 126. The number of hydrogen-bond donors (Lipinski definition) is 0. The van der Waals surface area contributed by atoms with Crippen molar-refractivity contribution >= 4 is 0 Å². The number of allylic oxidation sites excluding steroid dienone is 1. The molecule has 2 saturated carbocycles. The van der Waals surface area contributed by atoms with Crippen molar-refractivity contribution < 1.29 is 0 Å². The van der Waals surface area contributed by atoms with Gasteiger partial charge in [0.2, 0.25) is 0 Å². The zero-order valence-electron chi connectivity index (χ0n) is 76.5. The topological polar surface area (TPSA) is 0 Å². The van der Waals surface area contributed by atoms with E-state index in [1.807, 2.05) is 12.1 Å². The summed E-state index contributed by atoms with van der Waals surface area (Å²) in [5.74, 6) is 18.2. The van der Waals surface area contributed by atoms with Crippen LogP contribution in [-0.4, -0.2) is 0 Å². The summed E-state index contributed by atoms with van der Waals surface area (Å²) in [5, 5.41) is 0. The van der Waals surface area contributed by atoms with Crippen LogP contribution in [0.2, 0.25) is 0 Å². The predicted molar refractivity (Wildman–Crippen MR) is 560 cm³/mol. The van der Waals surface area contributed by atoms with Crippen molar-refractivity contribution in [2.45, 2.75) is 524 Å². The Labute approximate surface area is 727 Å². The molecule has 0 aliphatic heterocycles. The average molecular weight is 1590 g/mol. The fourth-order valence-electron chi connectivity index (χ4n) is 7.63. The maximum absolute atomic E-state index is 4.98. The molecule has 0 aromatic heterocycles. The fraction of sp³-hybridized carbons (Fsp3) is 0.856. The number of rotatable bonds is 19. The molecule has 111 heavy (non-hydrogen) atoms. The quantitative estimate of drug-likeness (QED) is 0.0971. The standard InChI is InChI=1S/C10H14.C9H12.C8H18.C7H14.3C7H16.C6H12.2C6H14.C6H12.C6H10.C5H12.C4H10.C3H8.14CH4/c1-9(2)8-10-6-4-3-5-7-10;1-8(2)9-6-4-3-5-7-9;1-7(2)6-8(3,4)5;1-6(2)5-7-3-4-7;1-6(2)7(3,4)5;1-6(2)5-7(3)4;1-4-5-6-7(2)3;1-5(2)6-3-4-6;1-5(2)6(3)4;3*1-4-5-6(2)3;1-4-5(2)3;1-4(2)3;1-3-2;;;;;;;;;;;;;;/h3-7,9H,8H2,1-2H3;3-8H,1-2H3;7H,6H2,1-5H3;6-7H,3-5H2,1-2H3;6H,1-5H3;6-7H,5H2,1-4H3;7H,4-6H2,1-3H3;5-6H,3-4H2,1-2H3;5-6H,1-4H3;6H,4-5H2,1-3H3;4,6H,1,5H2,2-3H3;1,6H,5H2,2-3H3;5H,4H2,1-3H3;4H,1-3H3;3H2,1-2H3;14*1H4. The fourth-order valence-corrected chi connectivity index (χ4v) is 7.63. The summed E-state index contributed by atoms with van der Waals surface area (Å²) >= 11 is 0. The number of unbranched alkanes of at least 4 members (excludes halogenated alkanes) is 1. The second-order valence-corrected chi connectivity index (χ2v) is 37.2. The first-order valence-electron chi connectivity index (χ1n) is 41.4. The largest absolute Gasteiger partial charge is 0.120 e. The highest BCUT2D eigenvalue weighted by molar-refractivity contribution is 5.17. The van der Waals surface area contributed by atoms with Gasteiger partial charge in [-0.15, -0.1) is 18.9 Å². The average Bonchev–Trinajstić information content (AvgIpc) is 1.81. The van der Waals surface area contributed by atoms with Crippen LogP contribution in [0, 0.1) is 124 Å². The lowest BCUT2D eigenvalue weighted by molar-refractivity contribution is 0.283. The molecule has 0 saturated heterocycles. The van der Waals surface area contributed by atoms with Crippen LogP contribution < -0.4 is 0 Å². The highest BCUT2D eigenvalue weighted by atomic mass is 14.3. The van der Waals surface area contributed by atoms with Gasteiger partial charge in [-0.3, -0.25) is 0 Å². The lowest BCUT2D eigenvalue weighted by Crippen LogP contribution is -2.12. The Morgan fingerprint density at radius 3 is 0.820 bits per heavy atom. The van der Waals surface area contributed by atoms with Gasteiger partial charge in [0.25, 0.3) is 0 Å². The molecule has 4 rings (SSSR count). The van der Waals surface area contributed by atoms with Crippen LogP contribution >= 0.6 is 0 Å². The van der Waals surface area contributed by atoms with Crippen molar-refractivity contribution in [2.75, 3.05) is 0 Å². The van der Waals surface area contributed by atoms with Crippen molar-refractivity contribution in [2.24, 2.45) is 111 Å². The van der Waals surface area contributed by atoms with E-state index in [-0.39, 0.29) is 104 Å². The number of hydrogen-bond acceptors (Lipinski definition) is 0. The van der Waals surface area contributed by atoms with Gasteiger partial charge < -0.3 is 0 Å². The molecule has 0 unspecified atom stereocenters. The Morgan fingerprint density at radius 1 is 0.414 bits per heavy atom. The minimum absolute atomic E-state index is 0. The summed E-state index contributed by atoms with van der Waals surface area (Å²) in [4.78, 5) is 0. The van der Waals surface area contributed by atoms with Gasteiger partial charge in [0, 0.05) is 6.42 Å². The number of benzene rings is 2. The molecule has 2 aromatic carbocycles. The van der Waals surface area contributed by atoms with Gasteiger partial charge in [-0.2, -0.15) is 0 Å². The van der Waals surface area contributed by atoms with Crippen molar-refractivity contribution in [1.82, 2.24) is 0 Å². The van der Waals surface area contributed by atoms with E-state index in [2.05, 4.69) is 372 Å². The first-order chi connectivity index (χ1) is 44.3. The molecule has 0 heteroatoms. The Balaban J connectivity index is -0.0000000309. The van der Waals surface area contributed by atoms with Gasteiger partial charge in [-0.1, -0.05) is 533 Å². The smallest absolute Gasteiger partial charge is 0.0109 e. The third-order valence-electron chi connectivity index (χ3n) is 15.0. The monoisotopic (exact) mass is 1590 g/mol. The lowest BCUT2D eigenvalue weighted by Gasteiger charge is -2.22. The molecular formula is C111H254. The van der Waals surface area contributed by atoms with Gasteiger partial charge in [0.1, 0.15) is 0 Å². The molecule has 0 amide bonds. The third kappa shape index (κ3) is 248. The minimum atomic E-state index is 0. The van der Waals surface area contributed by atoms with Gasteiger partial charge in [-0.05, 0) is 173 Å². The zero-order chi connectivity index (χ0) is 79.1. The first-order valence-corrected chi connectivity index (χ1v) is 41.4. The maximum atomic E-state index is 4.98. The zero-order valence-corrected chi connectivity index (χ0v) is 76.5. The molecule has 0 atom stereocenters. The van der Waals surface area contributed by atoms with Crippen LogP contribution in [0.1, 0.15) is 528 Å².